The third-order valence-electron chi connectivity index (χ3n) is 1.87. The zero-order valence-corrected chi connectivity index (χ0v) is 8.82. The zero-order valence-electron chi connectivity index (χ0n) is 8.82. The molecule has 0 aromatic carbocycles. The summed E-state index contributed by atoms with van der Waals surface area (Å²) in [6.07, 6.45) is 1.02. The van der Waals surface area contributed by atoms with Gasteiger partial charge in [0.2, 0.25) is 5.76 Å². The molecule has 0 aliphatic heterocycles. The Labute approximate surface area is 88.0 Å². The van der Waals surface area contributed by atoms with Crippen LogP contribution in [0.1, 0.15) is 23.0 Å². The summed E-state index contributed by atoms with van der Waals surface area (Å²) in [7, 11) is 1.30. The molecule has 84 valence electrons. The van der Waals surface area contributed by atoms with Gasteiger partial charge in [-0.3, -0.25) is 0 Å². The number of ether oxygens (including phenoxy) is 1. The van der Waals surface area contributed by atoms with Crippen LogP contribution < -0.4 is 5.32 Å². The molecule has 1 aromatic rings. The third kappa shape index (κ3) is 3.38. The van der Waals surface area contributed by atoms with Crippen LogP contribution in [-0.2, 0) is 11.3 Å². The van der Waals surface area contributed by atoms with Gasteiger partial charge in [0.25, 0.3) is 0 Å². The van der Waals surface area contributed by atoms with Gasteiger partial charge < -0.3 is 19.6 Å². The average molecular weight is 213 g/mol. The summed E-state index contributed by atoms with van der Waals surface area (Å²) in [5.74, 6) is -0.288. The van der Waals surface area contributed by atoms with Gasteiger partial charge in [0, 0.05) is 18.7 Å². The molecular weight excluding hydrogens is 198 g/mol. The Kier molecular flexibility index (Phi) is 4.33. The van der Waals surface area contributed by atoms with Crippen molar-refractivity contribution >= 4 is 5.97 Å². The number of rotatable bonds is 5. The Balaban J connectivity index is 2.54. The summed E-state index contributed by atoms with van der Waals surface area (Å²) in [6, 6.07) is 1.70. The number of hydrogen-bond donors (Lipinski definition) is 2. The number of hydrogen-bond acceptors (Lipinski definition) is 5. The van der Waals surface area contributed by atoms with Crippen molar-refractivity contribution in [2.24, 2.45) is 0 Å². The number of aliphatic hydroxyl groups is 1. The number of furan rings is 1. The standard InChI is InChI=1S/C10H15NO4/c1-7(12)5-11-6-8-3-4-15-9(8)10(13)14-2/h3-4,7,11-12H,5-6H2,1-2H3/t7-/m0/s1. The van der Waals surface area contributed by atoms with Gasteiger partial charge in [-0.2, -0.15) is 0 Å². The summed E-state index contributed by atoms with van der Waals surface area (Å²) in [5, 5.41) is 12.0. The molecule has 0 amide bonds. The molecule has 0 radical (unpaired) electrons. The minimum atomic E-state index is -0.492. The zero-order chi connectivity index (χ0) is 11.3. The van der Waals surface area contributed by atoms with Crippen molar-refractivity contribution in [3.63, 3.8) is 0 Å². The van der Waals surface area contributed by atoms with E-state index in [0.29, 0.717) is 13.1 Å². The number of carbonyl (C=O) groups excluding carboxylic acids is 1. The molecule has 2 N–H and O–H groups in total. The van der Waals surface area contributed by atoms with Gasteiger partial charge in [-0.25, -0.2) is 4.79 Å². The van der Waals surface area contributed by atoms with E-state index >= 15 is 0 Å². The normalized spacial score (nSPS) is 12.5. The minimum Gasteiger partial charge on any atom is -0.463 e. The highest BCUT2D eigenvalue weighted by Gasteiger charge is 2.15. The van der Waals surface area contributed by atoms with E-state index in [0.717, 1.165) is 5.56 Å². The van der Waals surface area contributed by atoms with E-state index in [1.165, 1.54) is 13.4 Å². The third-order valence-corrected chi connectivity index (χ3v) is 1.87. The van der Waals surface area contributed by atoms with Crippen molar-refractivity contribution in [3.8, 4) is 0 Å². The second-order valence-electron chi connectivity index (χ2n) is 3.25. The van der Waals surface area contributed by atoms with Crippen LogP contribution in [0.4, 0.5) is 0 Å². The SMILES string of the molecule is COC(=O)c1occc1CNC[C@H](C)O. The van der Waals surface area contributed by atoms with E-state index in [-0.39, 0.29) is 5.76 Å². The first kappa shape index (κ1) is 11.7. The molecule has 0 saturated carbocycles. The van der Waals surface area contributed by atoms with E-state index in [1.54, 1.807) is 13.0 Å². The predicted molar refractivity (Wildman–Crippen MR) is 53.4 cm³/mol. The highest BCUT2D eigenvalue weighted by molar-refractivity contribution is 5.87. The second-order valence-corrected chi connectivity index (χ2v) is 3.25. The molecule has 0 unspecified atom stereocenters. The Bertz CT molecular complexity index is 319. The fraction of sp³-hybridized carbons (Fsp3) is 0.500. The Morgan fingerprint density at radius 1 is 1.73 bits per heavy atom. The fourth-order valence-corrected chi connectivity index (χ4v) is 1.16. The van der Waals surface area contributed by atoms with Gasteiger partial charge in [0.05, 0.1) is 19.5 Å². The first-order valence-corrected chi connectivity index (χ1v) is 4.68. The largest absolute Gasteiger partial charge is 0.463 e. The van der Waals surface area contributed by atoms with Gasteiger partial charge in [0.1, 0.15) is 0 Å². The van der Waals surface area contributed by atoms with Crippen molar-refractivity contribution in [1.82, 2.24) is 5.32 Å². The van der Waals surface area contributed by atoms with Crippen molar-refractivity contribution in [2.75, 3.05) is 13.7 Å². The molecule has 0 saturated heterocycles. The first-order chi connectivity index (χ1) is 7.15. The van der Waals surface area contributed by atoms with Crippen LogP contribution in [-0.4, -0.2) is 30.8 Å². The molecule has 1 heterocycles. The molecule has 0 fully saturated rings. The van der Waals surface area contributed by atoms with Crippen LogP contribution in [0.25, 0.3) is 0 Å². The molecule has 0 spiro atoms. The van der Waals surface area contributed by atoms with E-state index < -0.39 is 12.1 Å². The van der Waals surface area contributed by atoms with E-state index in [1.807, 2.05) is 0 Å². The number of aliphatic hydroxyl groups excluding tert-OH is 1. The molecule has 0 aliphatic rings. The van der Waals surface area contributed by atoms with E-state index in [9.17, 15) is 4.79 Å². The Morgan fingerprint density at radius 2 is 2.47 bits per heavy atom. The van der Waals surface area contributed by atoms with Crippen LogP contribution in [0, 0.1) is 0 Å². The van der Waals surface area contributed by atoms with Gasteiger partial charge in [-0.1, -0.05) is 0 Å². The highest BCUT2D eigenvalue weighted by Crippen LogP contribution is 2.11. The quantitative estimate of drug-likeness (QED) is 0.698. The molecule has 15 heavy (non-hydrogen) atoms. The average Bonchev–Trinajstić information content (AvgIpc) is 2.64. The van der Waals surface area contributed by atoms with Gasteiger partial charge >= 0.3 is 5.97 Å². The molecule has 1 atom stereocenters. The lowest BCUT2D eigenvalue weighted by atomic mass is 10.2. The maximum atomic E-state index is 11.2. The van der Waals surface area contributed by atoms with Gasteiger partial charge in [-0.05, 0) is 13.0 Å². The van der Waals surface area contributed by atoms with E-state index in [2.05, 4.69) is 10.1 Å². The summed E-state index contributed by atoms with van der Waals surface area (Å²) in [6.45, 7) is 2.61. The minimum absolute atomic E-state index is 0.204. The summed E-state index contributed by atoms with van der Waals surface area (Å²) >= 11 is 0. The molecule has 1 rings (SSSR count). The van der Waals surface area contributed by atoms with Crippen molar-refractivity contribution in [1.29, 1.82) is 0 Å². The number of esters is 1. The fourth-order valence-electron chi connectivity index (χ4n) is 1.16. The monoisotopic (exact) mass is 213 g/mol. The van der Waals surface area contributed by atoms with Crippen LogP contribution in [0.3, 0.4) is 0 Å². The molecule has 0 bridgehead atoms. The van der Waals surface area contributed by atoms with Crippen LogP contribution in [0.15, 0.2) is 16.7 Å². The summed E-state index contributed by atoms with van der Waals surface area (Å²) in [5.41, 5.74) is 0.725. The van der Waals surface area contributed by atoms with Crippen LogP contribution in [0.2, 0.25) is 0 Å². The predicted octanol–water partition coefficient (Wildman–Crippen LogP) is 0.537. The number of carbonyl (C=O) groups is 1. The second kappa shape index (κ2) is 5.53. The number of nitrogens with one attached hydrogen (secondary N) is 1. The van der Waals surface area contributed by atoms with E-state index in [4.69, 9.17) is 9.52 Å². The lowest BCUT2D eigenvalue weighted by molar-refractivity contribution is 0.0563. The lowest BCUT2D eigenvalue weighted by Crippen LogP contribution is -2.24. The maximum Gasteiger partial charge on any atom is 0.374 e. The Hall–Kier alpha value is -1.33. The van der Waals surface area contributed by atoms with Gasteiger partial charge in [-0.15, -0.1) is 0 Å². The molecule has 0 aliphatic carbocycles. The highest BCUT2D eigenvalue weighted by atomic mass is 16.5. The topological polar surface area (TPSA) is 71.7 Å². The van der Waals surface area contributed by atoms with Crippen LogP contribution in [0.5, 0.6) is 0 Å². The molecule has 5 heteroatoms. The molecule has 1 aromatic heterocycles. The first-order valence-electron chi connectivity index (χ1n) is 4.68. The smallest absolute Gasteiger partial charge is 0.374 e. The number of methoxy groups -OCH3 is 1. The van der Waals surface area contributed by atoms with Crippen LogP contribution >= 0.6 is 0 Å². The summed E-state index contributed by atoms with van der Waals surface area (Å²) < 4.78 is 9.55. The molecular formula is C10H15NO4. The maximum absolute atomic E-state index is 11.2. The Morgan fingerprint density at radius 3 is 3.07 bits per heavy atom. The summed E-state index contributed by atoms with van der Waals surface area (Å²) in [4.78, 5) is 11.2. The molecule has 5 nitrogen and oxygen atoms in total. The lowest BCUT2D eigenvalue weighted by Gasteiger charge is -2.06. The van der Waals surface area contributed by atoms with Crippen molar-refractivity contribution < 1.29 is 19.1 Å². The van der Waals surface area contributed by atoms with Crippen molar-refractivity contribution in [3.05, 3.63) is 23.7 Å². The van der Waals surface area contributed by atoms with Gasteiger partial charge in [0.15, 0.2) is 0 Å². The van der Waals surface area contributed by atoms with Crippen molar-refractivity contribution in [2.45, 2.75) is 19.6 Å².